The lowest BCUT2D eigenvalue weighted by Crippen LogP contribution is -2.39. The van der Waals surface area contributed by atoms with Gasteiger partial charge in [0.15, 0.2) is 5.84 Å². The lowest BCUT2D eigenvalue weighted by Gasteiger charge is -2.27. The average Bonchev–Trinajstić information content (AvgIpc) is 2.81. The molecule has 4 N–H and O–H groups in total. The first-order chi connectivity index (χ1) is 11.0. The predicted molar refractivity (Wildman–Crippen MR) is 89.8 cm³/mol. The fourth-order valence-corrected chi connectivity index (χ4v) is 2.76. The summed E-state index contributed by atoms with van der Waals surface area (Å²) in [5, 5.41) is 14.4. The number of aliphatic hydroxyl groups is 1. The van der Waals surface area contributed by atoms with Crippen LogP contribution in [0, 0.1) is 0 Å². The van der Waals surface area contributed by atoms with Crippen LogP contribution in [0.1, 0.15) is 46.0 Å². The minimum Gasteiger partial charge on any atom is -0.356 e. The van der Waals surface area contributed by atoms with E-state index in [4.69, 9.17) is 5.84 Å². The summed E-state index contributed by atoms with van der Waals surface area (Å²) < 4.78 is 0. The van der Waals surface area contributed by atoms with Gasteiger partial charge in [0.25, 0.3) is 0 Å². The summed E-state index contributed by atoms with van der Waals surface area (Å²) in [6.45, 7) is 4.86. The van der Waals surface area contributed by atoms with Crippen LogP contribution in [0.5, 0.6) is 0 Å². The second-order valence-corrected chi connectivity index (χ2v) is 5.93. The zero-order chi connectivity index (χ0) is 16.8. The van der Waals surface area contributed by atoms with Gasteiger partial charge in [-0.05, 0) is 30.9 Å². The smallest absolute Gasteiger partial charge is 0.227 e. The van der Waals surface area contributed by atoms with Crippen molar-refractivity contribution in [2.45, 2.75) is 52.3 Å². The maximum Gasteiger partial charge on any atom is 0.227 e. The minimum absolute atomic E-state index is 0.0462. The molecule has 7 heteroatoms. The van der Waals surface area contributed by atoms with Gasteiger partial charge in [-0.2, -0.15) is 0 Å². The van der Waals surface area contributed by atoms with Gasteiger partial charge in [-0.15, -0.1) is 0 Å². The van der Waals surface area contributed by atoms with E-state index in [9.17, 15) is 9.90 Å². The normalized spacial score (nSPS) is 20.0. The number of unbranched alkanes of at least 4 members (excludes halogenated alkanes) is 2. The molecule has 0 saturated carbocycles. The maximum atomic E-state index is 10.9. The highest BCUT2D eigenvalue weighted by atomic mass is 16.3. The number of hydrogen-bond acceptors (Lipinski definition) is 6. The Morgan fingerprint density at radius 2 is 2.22 bits per heavy atom. The van der Waals surface area contributed by atoms with Gasteiger partial charge in [-0.25, -0.2) is 10.8 Å². The van der Waals surface area contributed by atoms with Crippen LogP contribution in [-0.2, 0) is 4.79 Å². The van der Waals surface area contributed by atoms with Gasteiger partial charge in [-0.1, -0.05) is 19.8 Å². The number of nitrogens with two attached hydrogens (primary N) is 1. The molecule has 0 aromatic heterocycles. The molecule has 2 aliphatic heterocycles. The quantitative estimate of drug-likeness (QED) is 0.459. The second-order valence-electron chi connectivity index (χ2n) is 5.93. The van der Waals surface area contributed by atoms with Crippen molar-refractivity contribution >= 4 is 11.7 Å². The largest absolute Gasteiger partial charge is 0.356 e. The highest BCUT2D eigenvalue weighted by Gasteiger charge is 2.33. The van der Waals surface area contributed by atoms with Gasteiger partial charge >= 0.3 is 0 Å². The number of hydrogen-bond donors (Lipinski definition) is 3. The van der Waals surface area contributed by atoms with Crippen molar-refractivity contribution in [2.75, 3.05) is 13.1 Å². The highest BCUT2D eigenvalue weighted by molar-refractivity contribution is 6.01. The first-order valence-electron chi connectivity index (χ1n) is 8.26. The van der Waals surface area contributed by atoms with E-state index in [1.165, 1.54) is 24.8 Å². The molecule has 1 amide bonds. The lowest BCUT2D eigenvalue weighted by molar-refractivity contribution is -0.118. The van der Waals surface area contributed by atoms with Crippen LogP contribution >= 0.6 is 0 Å². The standard InChI is InChI=1S/C16H27N5O2/c1-3-4-5-7-13-10-14-15(21(17)11-13)19-16(23)20(14)9-6-8-18-12(2)22/h10-11,16,23H,3-9,17H2,1-2H3,(H,18,22). The van der Waals surface area contributed by atoms with Crippen LogP contribution < -0.4 is 11.2 Å². The monoisotopic (exact) mass is 321 g/mol. The van der Waals surface area contributed by atoms with Gasteiger partial charge in [0.1, 0.15) is 0 Å². The summed E-state index contributed by atoms with van der Waals surface area (Å²) in [6, 6.07) is 0. The van der Waals surface area contributed by atoms with Crippen LogP contribution in [0.2, 0.25) is 0 Å². The minimum atomic E-state index is -0.914. The Bertz CT molecular complexity index is 527. The summed E-state index contributed by atoms with van der Waals surface area (Å²) in [5.74, 6) is 6.57. The predicted octanol–water partition coefficient (Wildman–Crippen LogP) is 1.04. The number of fused-ring (bicyclic) bond motifs is 1. The Morgan fingerprint density at radius 1 is 1.43 bits per heavy atom. The van der Waals surface area contributed by atoms with Gasteiger partial charge in [0.05, 0.1) is 5.70 Å². The van der Waals surface area contributed by atoms with E-state index < -0.39 is 6.35 Å². The summed E-state index contributed by atoms with van der Waals surface area (Å²) in [6.07, 6.45) is 8.22. The van der Waals surface area contributed by atoms with E-state index in [-0.39, 0.29) is 5.91 Å². The molecule has 0 saturated heterocycles. The Kier molecular flexibility index (Phi) is 6.18. The van der Waals surface area contributed by atoms with Crippen LogP contribution in [0.3, 0.4) is 0 Å². The van der Waals surface area contributed by atoms with Gasteiger partial charge in [0.2, 0.25) is 12.3 Å². The molecule has 1 unspecified atom stereocenters. The Balaban J connectivity index is 1.98. The van der Waals surface area contributed by atoms with E-state index in [2.05, 4.69) is 23.3 Å². The summed E-state index contributed by atoms with van der Waals surface area (Å²) in [4.78, 5) is 16.9. The van der Waals surface area contributed by atoms with Crippen LogP contribution in [0.4, 0.5) is 0 Å². The first-order valence-corrected chi connectivity index (χ1v) is 8.26. The number of allylic oxidation sites excluding steroid dienone is 2. The molecule has 7 nitrogen and oxygen atoms in total. The molecule has 0 spiro atoms. The second kappa shape index (κ2) is 8.12. The zero-order valence-electron chi connectivity index (χ0n) is 14.0. The number of nitrogens with one attached hydrogen (secondary N) is 1. The molecule has 2 rings (SSSR count). The van der Waals surface area contributed by atoms with Crippen LogP contribution in [-0.4, -0.2) is 46.2 Å². The number of nitrogens with zero attached hydrogens (tertiary/aromatic N) is 3. The van der Waals surface area contributed by atoms with Crippen molar-refractivity contribution in [3.8, 4) is 0 Å². The topological polar surface area (TPSA) is 94.2 Å². The van der Waals surface area contributed by atoms with E-state index in [0.29, 0.717) is 18.9 Å². The lowest BCUT2D eigenvalue weighted by atomic mass is 10.0. The molecular formula is C16H27N5O2. The van der Waals surface area contributed by atoms with Crippen molar-refractivity contribution in [3.63, 3.8) is 0 Å². The van der Waals surface area contributed by atoms with E-state index in [1.807, 2.05) is 11.1 Å². The molecule has 0 radical (unpaired) electrons. The number of amidine groups is 1. The molecule has 2 aliphatic rings. The van der Waals surface area contributed by atoms with Crippen molar-refractivity contribution in [2.24, 2.45) is 10.8 Å². The van der Waals surface area contributed by atoms with Gasteiger partial charge in [0, 0.05) is 26.2 Å². The third-order valence-electron chi connectivity index (χ3n) is 3.95. The Labute approximate surface area is 137 Å². The molecule has 0 fully saturated rings. The van der Waals surface area contributed by atoms with Crippen LogP contribution in [0.15, 0.2) is 28.5 Å². The molecule has 128 valence electrons. The Hall–Kier alpha value is -1.86. The SMILES string of the molecule is CCCCCC1=CN(N)C2=NC(O)N(CCCNC(C)=O)C2=C1. The summed E-state index contributed by atoms with van der Waals surface area (Å²) in [7, 11) is 0. The molecule has 0 aromatic carbocycles. The average molecular weight is 321 g/mol. The number of carbonyl (C=O) groups is 1. The van der Waals surface area contributed by atoms with Crippen molar-refractivity contribution in [1.82, 2.24) is 15.2 Å². The summed E-state index contributed by atoms with van der Waals surface area (Å²) in [5.41, 5.74) is 2.01. The fourth-order valence-electron chi connectivity index (χ4n) is 2.76. The molecule has 0 aromatic rings. The number of hydrazine groups is 1. The third kappa shape index (κ3) is 4.56. The summed E-state index contributed by atoms with van der Waals surface area (Å²) >= 11 is 0. The zero-order valence-corrected chi connectivity index (χ0v) is 14.0. The van der Waals surface area contributed by atoms with Gasteiger partial charge in [-0.3, -0.25) is 9.80 Å². The highest BCUT2D eigenvalue weighted by Crippen LogP contribution is 2.27. The number of aliphatic hydroxyl groups excluding tert-OH is 1. The van der Waals surface area contributed by atoms with Crippen molar-refractivity contribution < 1.29 is 9.90 Å². The van der Waals surface area contributed by atoms with Gasteiger partial charge < -0.3 is 15.3 Å². The molecule has 0 bridgehead atoms. The maximum absolute atomic E-state index is 10.9. The van der Waals surface area contributed by atoms with E-state index in [1.54, 1.807) is 0 Å². The van der Waals surface area contributed by atoms with Crippen LogP contribution in [0.25, 0.3) is 0 Å². The molecular weight excluding hydrogens is 294 g/mol. The van der Waals surface area contributed by atoms with E-state index >= 15 is 0 Å². The third-order valence-corrected chi connectivity index (χ3v) is 3.95. The number of carbonyl (C=O) groups excluding carboxylic acids is 1. The van der Waals surface area contributed by atoms with Crippen molar-refractivity contribution in [3.05, 3.63) is 23.5 Å². The molecule has 0 aliphatic carbocycles. The molecule has 2 heterocycles. The fraction of sp³-hybridized carbons (Fsp3) is 0.625. The van der Waals surface area contributed by atoms with Crippen molar-refractivity contribution in [1.29, 1.82) is 0 Å². The van der Waals surface area contributed by atoms with E-state index in [0.717, 1.165) is 30.5 Å². The number of amides is 1. The molecule has 23 heavy (non-hydrogen) atoms. The number of aliphatic imine (C=N–C) groups is 1. The Morgan fingerprint density at radius 3 is 2.91 bits per heavy atom. The molecule has 1 atom stereocenters. The number of rotatable bonds is 8. The first kappa shape index (κ1) is 17.5.